The van der Waals surface area contributed by atoms with Gasteiger partial charge in [0.05, 0.1) is 16.6 Å². The summed E-state index contributed by atoms with van der Waals surface area (Å²) in [4.78, 5) is 22.4. The molecular weight excluding hydrogens is 346 g/mol. The average molecular weight is 356 g/mol. The van der Waals surface area contributed by atoms with E-state index in [1.165, 1.54) is 7.11 Å². The van der Waals surface area contributed by atoms with E-state index in [1.807, 2.05) is 36.4 Å². The van der Waals surface area contributed by atoms with Gasteiger partial charge in [-0.1, -0.05) is 33.2 Å². The lowest BCUT2D eigenvalue weighted by molar-refractivity contribution is 0.214. The number of oxime groups is 1. The third-order valence-electron chi connectivity index (χ3n) is 3.62. The smallest absolute Gasteiger partial charge is 0.266 e. The van der Waals surface area contributed by atoms with Crippen molar-refractivity contribution < 1.29 is 4.84 Å². The van der Waals surface area contributed by atoms with Crippen LogP contribution in [0.15, 0.2) is 56.9 Å². The molecule has 2 heterocycles. The number of halogens is 1. The summed E-state index contributed by atoms with van der Waals surface area (Å²) in [5.41, 5.74) is 2.68. The van der Waals surface area contributed by atoms with Gasteiger partial charge in [-0.2, -0.15) is 0 Å². The molecule has 2 aromatic carbocycles. The third-order valence-corrected chi connectivity index (χ3v) is 4.12. The van der Waals surface area contributed by atoms with Crippen LogP contribution < -0.4 is 5.56 Å². The summed E-state index contributed by atoms with van der Waals surface area (Å²) in [6, 6.07) is 13.0. The molecule has 0 spiro atoms. The Morgan fingerprint density at radius 2 is 2.05 bits per heavy atom. The molecule has 0 radical (unpaired) electrons. The summed E-state index contributed by atoms with van der Waals surface area (Å²) in [5.74, 6) is 0.499. The summed E-state index contributed by atoms with van der Waals surface area (Å²) < 4.78 is 2.49. The van der Waals surface area contributed by atoms with Gasteiger partial charge in [-0.15, -0.1) is 0 Å². The maximum absolute atomic E-state index is 12.8. The van der Waals surface area contributed by atoms with Gasteiger partial charge in [0.1, 0.15) is 7.11 Å². The molecule has 0 aliphatic carbocycles. The number of benzene rings is 2. The molecule has 1 aliphatic heterocycles. The maximum Gasteiger partial charge on any atom is 0.266 e. The quantitative estimate of drug-likeness (QED) is 0.493. The minimum Gasteiger partial charge on any atom is -0.399 e. The molecular formula is C16H10BrN3O2. The monoisotopic (exact) mass is 355 g/mol. The molecule has 1 aromatic heterocycles. The molecule has 0 N–H and O–H groups in total. The first-order valence-electron chi connectivity index (χ1n) is 6.64. The van der Waals surface area contributed by atoms with Gasteiger partial charge in [0.15, 0.2) is 11.5 Å². The summed E-state index contributed by atoms with van der Waals surface area (Å²) in [5, 5.41) is 4.65. The Hall–Kier alpha value is -2.47. The highest BCUT2D eigenvalue weighted by molar-refractivity contribution is 9.10. The van der Waals surface area contributed by atoms with Gasteiger partial charge in [0.2, 0.25) is 0 Å². The number of nitrogens with zero attached hydrogens (tertiary/aromatic N) is 3. The molecule has 4 rings (SSSR count). The highest BCUT2D eigenvalue weighted by atomic mass is 79.9. The van der Waals surface area contributed by atoms with E-state index in [4.69, 9.17) is 4.84 Å². The van der Waals surface area contributed by atoms with Crippen molar-refractivity contribution in [2.45, 2.75) is 0 Å². The van der Waals surface area contributed by atoms with Crippen LogP contribution in [0, 0.1) is 0 Å². The number of para-hydroxylation sites is 1. The van der Waals surface area contributed by atoms with Crippen molar-refractivity contribution in [3.63, 3.8) is 0 Å². The highest BCUT2D eigenvalue weighted by Gasteiger charge is 2.29. The normalized spacial score (nSPS) is 14.2. The summed E-state index contributed by atoms with van der Waals surface area (Å²) >= 11 is 3.45. The van der Waals surface area contributed by atoms with Crippen LogP contribution in [0.3, 0.4) is 0 Å². The van der Waals surface area contributed by atoms with E-state index in [9.17, 15) is 4.79 Å². The molecule has 0 fully saturated rings. The van der Waals surface area contributed by atoms with Gasteiger partial charge in [-0.25, -0.2) is 4.98 Å². The molecule has 0 saturated heterocycles. The van der Waals surface area contributed by atoms with Crippen LogP contribution in [-0.2, 0) is 4.84 Å². The predicted octanol–water partition coefficient (Wildman–Crippen LogP) is 2.86. The van der Waals surface area contributed by atoms with E-state index < -0.39 is 0 Å². The molecule has 0 saturated carbocycles. The first-order chi connectivity index (χ1) is 10.7. The zero-order valence-electron chi connectivity index (χ0n) is 11.6. The SMILES string of the molecule is CO/N=C1\c2cc(Br)ccc2-n2c1nc1ccccc1c2=O. The van der Waals surface area contributed by atoms with E-state index in [2.05, 4.69) is 26.1 Å². The average Bonchev–Trinajstić information content (AvgIpc) is 2.82. The molecule has 22 heavy (non-hydrogen) atoms. The van der Waals surface area contributed by atoms with Crippen LogP contribution in [0.1, 0.15) is 11.4 Å². The number of fused-ring (bicyclic) bond motifs is 4. The number of aromatic nitrogens is 2. The summed E-state index contributed by atoms with van der Waals surface area (Å²) in [6.07, 6.45) is 0. The van der Waals surface area contributed by atoms with Crippen molar-refractivity contribution >= 4 is 32.5 Å². The van der Waals surface area contributed by atoms with E-state index in [0.29, 0.717) is 22.4 Å². The second kappa shape index (κ2) is 4.78. The Kier molecular flexibility index (Phi) is 2.87. The van der Waals surface area contributed by atoms with E-state index in [0.717, 1.165) is 15.7 Å². The van der Waals surface area contributed by atoms with Crippen molar-refractivity contribution in [2.75, 3.05) is 7.11 Å². The molecule has 0 bridgehead atoms. The molecule has 108 valence electrons. The summed E-state index contributed by atoms with van der Waals surface area (Å²) in [7, 11) is 1.48. The minimum atomic E-state index is -0.106. The van der Waals surface area contributed by atoms with Crippen LogP contribution in [0.5, 0.6) is 0 Å². The molecule has 0 atom stereocenters. The van der Waals surface area contributed by atoms with E-state index >= 15 is 0 Å². The lowest BCUT2D eigenvalue weighted by Gasteiger charge is -2.05. The number of hydrogen-bond acceptors (Lipinski definition) is 4. The molecule has 5 nitrogen and oxygen atoms in total. The largest absolute Gasteiger partial charge is 0.399 e. The van der Waals surface area contributed by atoms with Crippen molar-refractivity contribution in [3.05, 3.63) is 68.7 Å². The second-order valence-electron chi connectivity index (χ2n) is 4.88. The third kappa shape index (κ3) is 1.74. The van der Waals surface area contributed by atoms with Crippen LogP contribution in [-0.4, -0.2) is 22.4 Å². The van der Waals surface area contributed by atoms with Crippen molar-refractivity contribution in [1.29, 1.82) is 0 Å². The fourth-order valence-corrected chi connectivity index (χ4v) is 3.07. The Morgan fingerprint density at radius 3 is 2.86 bits per heavy atom. The van der Waals surface area contributed by atoms with Crippen molar-refractivity contribution in [1.82, 2.24) is 9.55 Å². The number of rotatable bonds is 1. The topological polar surface area (TPSA) is 56.5 Å². The molecule has 3 aromatic rings. The van der Waals surface area contributed by atoms with E-state index in [-0.39, 0.29) is 5.56 Å². The lowest BCUT2D eigenvalue weighted by atomic mass is 10.1. The van der Waals surface area contributed by atoms with Crippen molar-refractivity contribution in [2.24, 2.45) is 5.16 Å². The van der Waals surface area contributed by atoms with Gasteiger partial charge < -0.3 is 4.84 Å². The highest BCUT2D eigenvalue weighted by Crippen LogP contribution is 2.29. The Balaban J connectivity index is 2.18. The zero-order chi connectivity index (χ0) is 15.3. The van der Waals surface area contributed by atoms with Crippen LogP contribution in [0.2, 0.25) is 0 Å². The van der Waals surface area contributed by atoms with Gasteiger partial charge in [0.25, 0.3) is 5.56 Å². The maximum atomic E-state index is 12.8. The molecule has 1 aliphatic rings. The van der Waals surface area contributed by atoms with Crippen molar-refractivity contribution in [3.8, 4) is 5.69 Å². The van der Waals surface area contributed by atoms with E-state index in [1.54, 1.807) is 10.6 Å². The Bertz CT molecular complexity index is 1010. The van der Waals surface area contributed by atoms with Crippen LogP contribution in [0.4, 0.5) is 0 Å². The first-order valence-corrected chi connectivity index (χ1v) is 7.43. The molecule has 6 heteroatoms. The minimum absolute atomic E-state index is 0.106. The Labute approximate surface area is 134 Å². The van der Waals surface area contributed by atoms with Gasteiger partial charge in [-0.3, -0.25) is 9.36 Å². The Morgan fingerprint density at radius 1 is 1.23 bits per heavy atom. The first kappa shape index (κ1) is 13.2. The zero-order valence-corrected chi connectivity index (χ0v) is 13.2. The fourth-order valence-electron chi connectivity index (χ4n) is 2.71. The standard InChI is InChI=1S/C16H10BrN3O2/c1-22-19-14-11-8-9(17)6-7-13(11)20-15(14)18-12-5-3-2-4-10(12)16(20)21/h2-8H,1H3/b19-14+. The predicted molar refractivity (Wildman–Crippen MR) is 87.7 cm³/mol. The second-order valence-corrected chi connectivity index (χ2v) is 5.79. The number of hydrogen-bond donors (Lipinski definition) is 0. The lowest BCUT2D eigenvalue weighted by Crippen LogP contribution is -2.21. The molecule has 0 unspecified atom stereocenters. The van der Waals surface area contributed by atoms with Crippen LogP contribution in [0.25, 0.3) is 16.6 Å². The van der Waals surface area contributed by atoms with Gasteiger partial charge >= 0.3 is 0 Å². The summed E-state index contributed by atoms with van der Waals surface area (Å²) in [6.45, 7) is 0. The van der Waals surface area contributed by atoms with Gasteiger partial charge in [0, 0.05) is 10.0 Å². The molecule has 0 amide bonds. The fraction of sp³-hybridized carbons (Fsp3) is 0.0625. The van der Waals surface area contributed by atoms with Gasteiger partial charge in [-0.05, 0) is 30.3 Å². The van der Waals surface area contributed by atoms with Crippen LogP contribution >= 0.6 is 15.9 Å².